The van der Waals surface area contributed by atoms with E-state index in [1.807, 2.05) is 18.2 Å². The predicted molar refractivity (Wildman–Crippen MR) is 143 cm³/mol. The number of aliphatic hydroxyl groups is 1. The molecule has 0 aliphatic heterocycles. The molecule has 0 aliphatic carbocycles. The predicted octanol–water partition coefficient (Wildman–Crippen LogP) is 2.13. The number of fused-ring (bicyclic) bond motifs is 1. The molecular formula is C27H27N7O3. The van der Waals surface area contributed by atoms with Gasteiger partial charge >= 0.3 is 0 Å². The molecular weight excluding hydrogens is 470 g/mol. The summed E-state index contributed by atoms with van der Waals surface area (Å²) in [5.74, 6) is 5.79. The van der Waals surface area contributed by atoms with E-state index in [-0.39, 0.29) is 23.5 Å². The third-order valence-electron chi connectivity index (χ3n) is 5.69. The van der Waals surface area contributed by atoms with E-state index in [0.29, 0.717) is 40.3 Å². The molecule has 5 N–H and O–H groups in total. The largest absolute Gasteiger partial charge is 0.384 e. The number of nitrogens with one attached hydrogen (secondary N) is 2. The number of nitrogen functional groups attached to an aromatic ring is 1. The van der Waals surface area contributed by atoms with Crippen LogP contribution >= 0.6 is 0 Å². The first kappa shape index (κ1) is 25.2. The number of aromatic nitrogens is 4. The minimum Gasteiger partial charge on any atom is -0.384 e. The van der Waals surface area contributed by atoms with Crippen LogP contribution in [0.5, 0.6) is 0 Å². The molecule has 1 amide bonds. The lowest BCUT2D eigenvalue weighted by Gasteiger charge is -2.20. The third kappa shape index (κ3) is 4.94. The molecule has 2 aromatic heterocycles. The zero-order valence-corrected chi connectivity index (χ0v) is 20.5. The van der Waals surface area contributed by atoms with E-state index >= 15 is 0 Å². The van der Waals surface area contributed by atoms with E-state index in [9.17, 15) is 9.59 Å². The summed E-state index contributed by atoms with van der Waals surface area (Å²) in [7, 11) is 1.68. The fraction of sp³-hybridized carbons (Fsp3) is 0.185. The van der Waals surface area contributed by atoms with Crippen molar-refractivity contribution in [1.82, 2.24) is 24.6 Å². The van der Waals surface area contributed by atoms with Crippen LogP contribution < -0.4 is 21.9 Å². The van der Waals surface area contributed by atoms with E-state index < -0.39 is 11.9 Å². The van der Waals surface area contributed by atoms with Gasteiger partial charge in [-0.2, -0.15) is 5.10 Å². The molecule has 188 valence electrons. The lowest BCUT2D eigenvalue weighted by atomic mass is 10.1. The molecule has 0 bridgehead atoms. The van der Waals surface area contributed by atoms with Crippen LogP contribution in [-0.4, -0.2) is 43.5 Å². The number of aliphatic hydroxyl groups excluding tert-OH is 1. The van der Waals surface area contributed by atoms with Gasteiger partial charge in [0, 0.05) is 19.2 Å². The number of aryl methyl sites for hydroxylation is 1. The number of rotatable bonds is 7. The van der Waals surface area contributed by atoms with Crippen molar-refractivity contribution < 1.29 is 9.90 Å². The van der Waals surface area contributed by atoms with Crippen molar-refractivity contribution in [2.24, 2.45) is 7.05 Å². The molecule has 0 spiro atoms. The van der Waals surface area contributed by atoms with E-state index in [0.717, 1.165) is 0 Å². The number of nitrogens with zero attached hydrogens (tertiary/aromatic N) is 4. The van der Waals surface area contributed by atoms with Gasteiger partial charge in [-0.1, -0.05) is 42.2 Å². The van der Waals surface area contributed by atoms with Gasteiger partial charge < -0.3 is 21.5 Å². The Balaban J connectivity index is 1.84. The lowest BCUT2D eigenvalue weighted by molar-refractivity contribution is 0.0939. The molecule has 10 heteroatoms. The average molecular weight is 498 g/mol. The summed E-state index contributed by atoms with van der Waals surface area (Å²) in [5.41, 5.74) is 7.35. The molecule has 4 aromatic rings. The van der Waals surface area contributed by atoms with E-state index in [1.54, 1.807) is 50.4 Å². The summed E-state index contributed by atoms with van der Waals surface area (Å²) in [6, 6.07) is 13.5. The smallest absolute Gasteiger partial charge is 0.267 e. The van der Waals surface area contributed by atoms with Gasteiger partial charge in [0.2, 0.25) is 0 Å². The monoisotopic (exact) mass is 497 g/mol. The minimum atomic E-state index is -0.691. The van der Waals surface area contributed by atoms with Crippen LogP contribution in [0.3, 0.4) is 0 Å². The van der Waals surface area contributed by atoms with Gasteiger partial charge in [-0.05, 0) is 31.2 Å². The van der Waals surface area contributed by atoms with Crippen molar-refractivity contribution in [3.8, 4) is 17.5 Å². The number of para-hydroxylation sites is 1. The number of amides is 1. The second-order valence-electron chi connectivity index (χ2n) is 8.20. The van der Waals surface area contributed by atoms with Crippen LogP contribution in [0.4, 0.5) is 11.6 Å². The Morgan fingerprint density at radius 2 is 2.00 bits per heavy atom. The molecule has 0 saturated carbocycles. The highest BCUT2D eigenvalue weighted by molar-refractivity contribution is 6.03. The van der Waals surface area contributed by atoms with Crippen LogP contribution in [0, 0.1) is 11.8 Å². The van der Waals surface area contributed by atoms with Crippen LogP contribution in [0.25, 0.3) is 16.6 Å². The van der Waals surface area contributed by atoms with Gasteiger partial charge in [0.1, 0.15) is 23.8 Å². The van der Waals surface area contributed by atoms with Crippen LogP contribution in [0.15, 0.2) is 66.0 Å². The maximum atomic E-state index is 13.9. The summed E-state index contributed by atoms with van der Waals surface area (Å²) >= 11 is 0. The van der Waals surface area contributed by atoms with Crippen molar-refractivity contribution in [1.29, 1.82) is 0 Å². The van der Waals surface area contributed by atoms with E-state index in [1.165, 1.54) is 9.25 Å². The Morgan fingerprint density at radius 3 is 2.70 bits per heavy atom. The third-order valence-corrected chi connectivity index (χ3v) is 5.69. The first-order chi connectivity index (χ1) is 17.9. The highest BCUT2D eigenvalue weighted by Gasteiger charge is 2.25. The number of anilines is 2. The molecule has 2 heterocycles. The van der Waals surface area contributed by atoms with Gasteiger partial charge in [0.05, 0.1) is 22.6 Å². The van der Waals surface area contributed by atoms with Gasteiger partial charge in [-0.3, -0.25) is 18.8 Å². The average Bonchev–Trinajstić information content (AvgIpc) is 3.18. The standard InChI is InChI=1S/C27H27N7O3/c1-4-15-29-25-22(23(28)32-33(25)3)26(36)30-17(2)24-31-20-14-8-10-18(11-9-16-35)21(20)27(37)34(24)19-12-6-5-7-13-19/h4-8,10,12-14,17,29,35H,1,15-16H2,2-3H3,(H2,28,32)(H,30,36). The van der Waals surface area contributed by atoms with Gasteiger partial charge in [0.25, 0.3) is 11.5 Å². The molecule has 0 radical (unpaired) electrons. The highest BCUT2D eigenvalue weighted by Crippen LogP contribution is 2.24. The number of benzene rings is 2. The Bertz CT molecular complexity index is 1590. The molecule has 37 heavy (non-hydrogen) atoms. The Kier molecular flexibility index (Phi) is 7.36. The number of hydrogen-bond acceptors (Lipinski definition) is 7. The normalized spacial score (nSPS) is 11.4. The van der Waals surface area contributed by atoms with E-state index in [2.05, 4.69) is 34.2 Å². The highest BCUT2D eigenvalue weighted by atomic mass is 16.2. The molecule has 0 fully saturated rings. The van der Waals surface area contributed by atoms with E-state index in [4.69, 9.17) is 15.8 Å². The van der Waals surface area contributed by atoms with Crippen LogP contribution in [0.1, 0.15) is 34.7 Å². The molecule has 1 atom stereocenters. The lowest BCUT2D eigenvalue weighted by Crippen LogP contribution is -2.34. The SMILES string of the molecule is C=CCNc1c(C(=O)NC(C)c2nc3cccc(C#CCO)c3c(=O)n2-c2ccccc2)c(N)nn1C. The first-order valence-corrected chi connectivity index (χ1v) is 11.6. The van der Waals surface area contributed by atoms with Crippen LogP contribution in [-0.2, 0) is 7.05 Å². The number of carbonyl (C=O) groups excluding carboxylic acids is 1. The Labute approximate surface area is 213 Å². The number of hydrogen-bond donors (Lipinski definition) is 4. The van der Waals surface area contributed by atoms with Gasteiger partial charge in [0.15, 0.2) is 5.82 Å². The summed E-state index contributed by atoms with van der Waals surface area (Å²) in [6.45, 7) is 5.50. The zero-order valence-electron chi connectivity index (χ0n) is 20.5. The minimum absolute atomic E-state index is 0.0674. The fourth-order valence-electron chi connectivity index (χ4n) is 4.08. The number of nitrogens with two attached hydrogens (primary N) is 1. The van der Waals surface area contributed by atoms with Crippen molar-refractivity contribution in [3.05, 3.63) is 88.5 Å². The maximum absolute atomic E-state index is 13.9. The molecule has 0 aliphatic rings. The molecule has 4 rings (SSSR count). The van der Waals surface area contributed by atoms with Crippen LogP contribution in [0.2, 0.25) is 0 Å². The van der Waals surface area contributed by atoms with Crippen molar-refractivity contribution in [3.63, 3.8) is 0 Å². The summed E-state index contributed by atoms with van der Waals surface area (Å²) in [6.07, 6.45) is 1.66. The van der Waals surface area contributed by atoms with Crippen molar-refractivity contribution >= 4 is 28.4 Å². The fourth-order valence-corrected chi connectivity index (χ4v) is 4.08. The molecule has 10 nitrogen and oxygen atoms in total. The second-order valence-corrected chi connectivity index (χ2v) is 8.20. The second kappa shape index (κ2) is 10.8. The number of carbonyl (C=O) groups is 1. The maximum Gasteiger partial charge on any atom is 0.267 e. The van der Waals surface area contributed by atoms with Gasteiger partial charge in [-0.25, -0.2) is 4.98 Å². The van der Waals surface area contributed by atoms with Crippen molar-refractivity contribution in [2.45, 2.75) is 13.0 Å². The quantitative estimate of drug-likeness (QED) is 0.226. The topological polar surface area (TPSA) is 140 Å². The molecule has 1 unspecified atom stereocenters. The summed E-state index contributed by atoms with van der Waals surface area (Å²) < 4.78 is 2.95. The molecule has 2 aromatic carbocycles. The first-order valence-electron chi connectivity index (χ1n) is 11.6. The van der Waals surface area contributed by atoms with Crippen molar-refractivity contribution in [2.75, 3.05) is 24.2 Å². The molecule has 0 saturated heterocycles. The Hall–Kier alpha value is -4.88. The van der Waals surface area contributed by atoms with Gasteiger partial charge in [-0.15, -0.1) is 6.58 Å². The summed E-state index contributed by atoms with van der Waals surface area (Å²) in [5, 5.41) is 19.6. The zero-order chi connectivity index (χ0) is 26.5. The Morgan fingerprint density at radius 1 is 1.24 bits per heavy atom. The summed E-state index contributed by atoms with van der Waals surface area (Å²) in [4.78, 5) is 32.0.